The van der Waals surface area contributed by atoms with Gasteiger partial charge in [-0.25, -0.2) is 0 Å². The van der Waals surface area contributed by atoms with Crippen molar-refractivity contribution in [1.29, 1.82) is 0 Å². The van der Waals surface area contributed by atoms with Gasteiger partial charge in [-0.1, -0.05) is 20.3 Å². The van der Waals surface area contributed by atoms with Crippen LogP contribution in [0.1, 0.15) is 26.7 Å². The zero-order valence-corrected chi connectivity index (χ0v) is 11.2. The van der Waals surface area contributed by atoms with Crippen LogP contribution in [0.3, 0.4) is 0 Å². The van der Waals surface area contributed by atoms with Gasteiger partial charge in [0.1, 0.15) is 0 Å². The van der Waals surface area contributed by atoms with Crippen molar-refractivity contribution >= 4 is 5.91 Å². The molecule has 0 saturated carbocycles. The Morgan fingerprint density at radius 1 is 1.38 bits per heavy atom. The van der Waals surface area contributed by atoms with Crippen molar-refractivity contribution in [3.63, 3.8) is 0 Å². The largest absolute Gasteiger partial charge is 0.345 e. The zero-order valence-electron chi connectivity index (χ0n) is 11.2. The fourth-order valence-electron chi connectivity index (χ4n) is 1.53. The van der Waals surface area contributed by atoms with Crippen LogP contribution in [0.5, 0.6) is 0 Å². The number of likely N-dealkylation sites (N-methyl/N-ethyl adjacent to an activating group) is 2. The van der Waals surface area contributed by atoms with E-state index in [0.717, 1.165) is 25.9 Å². The molecule has 96 valence electrons. The van der Waals surface area contributed by atoms with E-state index in [-0.39, 0.29) is 5.91 Å². The molecule has 0 aromatic heterocycles. The van der Waals surface area contributed by atoms with E-state index in [1.54, 1.807) is 4.90 Å². The van der Waals surface area contributed by atoms with Crippen LogP contribution >= 0.6 is 0 Å². The first-order valence-corrected chi connectivity index (χ1v) is 6.13. The summed E-state index contributed by atoms with van der Waals surface area (Å²) in [4.78, 5) is 15.6. The Kier molecular flexibility index (Phi) is 8.21. The molecule has 0 saturated heterocycles. The smallest absolute Gasteiger partial charge is 0.236 e. The average Bonchev–Trinajstić information content (AvgIpc) is 2.25. The fraction of sp³-hybridized carbons (Fsp3) is 0.917. The Morgan fingerprint density at radius 2 is 2.00 bits per heavy atom. The summed E-state index contributed by atoms with van der Waals surface area (Å²) >= 11 is 0. The Labute approximate surface area is 99.8 Å². The maximum Gasteiger partial charge on any atom is 0.236 e. The molecule has 1 unspecified atom stereocenters. The number of carbonyl (C=O) groups excluding carboxylic acids is 1. The predicted molar refractivity (Wildman–Crippen MR) is 68.3 cm³/mol. The van der Waals surface area contributed by atoms with E-state index in [2.05, 4.69) is 18.7 Å². The number of nitrogens with two attached hydrogens (primary N) is 1. The van der Waals surface area contributed by atoms with E-state index < -0.39 is 0 Å². The van der Waals surface area contributed by atoms with Crippen LogP contribution in [-0.2, 0) is 4.79 Å². The zero-order chi connectivity index (χ0) is 12.6. The molecule has 1 atom stereocenters. The number of nitrogens with zero attached hydrogens (tertiary/aromatic N) is 2. The highest BCUT2D eigenvalue weighted by molar-refractivity contribution is 5.77. The lowest BCUT2D eigenvalue weighted by molar-refractivity contribution is -0.130. The maximum absolute atomic E-state index is 11.8. The van der Waals surface area contributed by atoms with Crippen LogP contribution in [0.4, 0.5) is 0 Å². The number of hydrogen-bond acceptors (Lipinski definition) is 3. The van der Waals surface area contributed by atoms with Crippen molar-refractivity contribution in [1.82, 2.24) is 9.80 Å². The summed E-state index contributed by atoms with van der Waals surface area (Å²) < 4.78 is 0. The molecule has 0 bridgehead atoms. The third-order valence-electron chi connectivity index (χ3n) is 2.85. The highest BCUT2D eigenvalue weighted by Gasteiger charge is 2.12. The molecule has 0 aliphatic rings. The first-order valence-electron chi connectivity index (χ1n) is 6.13. The van der Waals surface area contributed by atoms with Crippen molar-refractivity contribution in [3.05, 3.63) is 0 Å². The van der Waals surface area contributed by atoms with E-state index in [9.17, 15) is 4.79 Å². The van der Waals surface area contributed by atoms with E-state index >= 15 is 0 Å². The molecule has 4 nitrogen and oxygen atoms in total. The van der Waals surface area contributed by atoms with Crippen LogP contribution in [0.25, 0.3) is 0 Å². The van der Waals surface area contributed by atoms with Crippen molar-refractivity contribution in [2.24, 2.45) is 11.7 Å². The molecule has 1 amide bonds. The summed E-state index contributed by atoms with van der Waals surface area (Å²) in [7, 11) is 3.84. The maximum atomic E-state index is 11.8. The van der Waals surface area contributed by atoms with E-state index in [4.69, 9.17) is 5.73 Å². The quantitative estimate of drug-likeness (QED) is 0.669. The van der Waals surface area contributed by atoms with Crippen LogP contribution in [0, 0.1) is 5.92 Å². The summed E-state index contributed by atoms with van der Waals surface area (Å²) in [5.74, 6) is 0.825. The van der Waals surface area contributed by atoms with Gasteiger partial charge in [-0.3, -0.25) is 9.69 Å². The fourth-order valence-corrected chi connectivity index (χ4v) is 1.53. The Balaban J connectivity index is 3.84. The molecule has 0 spiro atoms. The summed E-state index contributed by atoms with van der Waals surface area (Å²) in [6, 6.07) is 0. The van der Waals surface area contributed by atoms with Gasteiger partial charge in [0, 0.05) is 20.1 Å². The summed E-state index contributed by atoms with van der Waals surface area (Å²) in [5.41, 5.74) is 5.41. The standard InChI is InChI=1S/C12H27N3O/c1-5-11(2)9-14(3)10-12(16)15(4)8-6-7-13/h11H,5-10,13H2,1-4H3. The SMILES string of the molecule is CCC(C)CN(C)CC(=O)N(C)CCCN. The number of carbonyl (C=O) groups is 1. The van der Waals surface area contributed by atoms with Gasteiger partial charge in [-0.2, -0.15) is 0 Å². The van der Waals surface area contributed by atoms with Crippen LogP contribution < -0.4 is 5.73 Å². The second-order valence-corrected chi connectivity index (χ2v) is 4.67. The van der Waals surface area contributed by atoms with E-state index in [0.29, 0.717) is 19.0 Å². The van der Waals surface area contributed by atoms with Gasteiger partial charge < -0.3 is 10.6 Å². The lowest BCUT2D eigenvalue weighted by atomic mass is 10.1. The number of amides is 1. The molecule has 16 heavy (non-hydrogen) atoms. The molecule has 0 aromatic rings. The van der Waals surface area contributed by atoms with Crippen molar-refractivity contribution < 1.29 is 4.79 Å². The normalized spacial score (nSPS) is 12.9. The minimum atomic E-state index is 0.180. The molecular weight excluding hydrogens is 202 g/mol. The van der Waals surface area contributed by atoms with Crippen LogP contribution in [-0.4, -0.2) is 56.0 Å². The van der Waals surface area contributed by atoms with Gasteiger partial charge in [-0.15, -0.1) is 0 Å². The Hall–Kier alpha value is -0.610. The minimum Gasteiger partial charge on any atom is -0.345 e. The lowest BCUT2D eigenvalue weighted by Gasteiger charge is -2.23. The summed E-state index contributed by atoms with van der Waals surface area (Å²) in [6.07, 6.45) is 2.03. The lowest BCUT2D eigenvalue weighted by Crippen LogP contribution is -2.38. The monoisotopic (exact) mass is 229 g/mol. The highest BCUT2D eigenvalue weighted by Crippen LogP contribution is 2.02. The molecular formula is C12H27N3O. The minimum absolute atomic E-state index is 0.180. The van der Waals surface area contributed by atoms with Gasteiger partial charge in [0.25, 0.3) is 0 Å². The van der Waals surface area contributed by atoms with E-state index in [1.807, 2.05) is 14.1 Å². The second-order valence-electron chi connectivity index (χ2n) is 4.67. The van der Waals surface area contributed by atoms with Gasteiger partial charge in [0.15, 0.2) is 0 Å². The molecule has 0 aromatic carbocycles. The molecule has 0 radical (unpaired) electrons. The predicted octanol–water partition coefficient (Wildman–Crippen LogP) is 0.772. The Bertz CT molecular complexity index is 197. The van der Waals surface area contributed by atoms with Gasteiger partial charge >= 0.3 is 0 Å². The molecule has 0 heterocycles. The second kappa shape index (κ2) is 8.53. The topological polar surface area (TPSA) is 49.6 Å². The molecule has 0 rings (SSSR count). The van der Waals surface area contributed by atoms with Gasteiger partial charge in [0.2, 0.25) is 5.91 Å². The highest BCUT2D eigenvalue weighted by atomic mass is 16.2. The summed E-state index contributed by atoms with van der Waals surface area (Å²) in [6.45, 7) is 7.26. The number of rotatable bonds is 8. The summed E-state index contributed by atoms with van der Waals surface area (Å²) in [5, 5.41) is 0. The van der Waals surface area contributed by atoms with E-state index in [1.165, 1.54) is 0 Å². The third-order valence-corrected chi connectivity index (χ3v) is 2.85. The first kappa shape index (κ1) is 15.4. The molecule has 0 aliphatic heterocycles. The molecule has 0 aliphatic carbocycles. The molecule has 2 N–H and O–H groups in total. The van der Waals surface area contributed by atoms with Gasteiger partial charge in [-0.05, 0) is 25.9 Å². The Morgan fingerprint density at radius 3 is 2.50 bits per heavy atom. The van der Waals surface area contributed by atoms with Crippen LogP contribution in [0.15, 0.2) is 0 Å². The van der Waals surface area contributed by atoms with Gasteiger partial charge in [0.05, 0.1) is 6.54 Å². The van der Waals surface area contributed by atoms with Crippen molar-refractivity contribution in [2.75, 3.05) is 40.3 Å². The molecule has 4 heteroatoms. The number of hydrogen-bond donors (Lipinski definition) is 1. The average molecular weight is 229 g/mol. The first-order chi connectivity index (χ1) is 7.51. The van der Waals surface area contributed by atoms with Crippen LogP contribution in [0.2, 0.25) is 0 Å². The third kappa shape index (κ3) is 6.80. The van der Waals surface area contributed by atoms with Crippen molar-refractivity contribution in [2.45, 2.75) is 26.7 Å². The van der Waals surface area contributed by atoms with Crippen molar-refractivity contribution in [3.8, 4) is 0 Å². The molecule has 0 fully saturated rings.